The van der Waals surface area contributed by atoms with E-state index in [-0.39, 0.29) is 0 Å². The number of hydrogen-bond acceptors (Lipinski definition) is 5. The second kappa shape index (κ2) is 16.9. The van der Waals surface area contributed by atoms with Gasteiger partial charge in [0.2, 0.25) is 0 Å². The molecule has 0 aromatic carbocycles. The number of ether oxygens (including phenoxy) is 5. The van der Waals surface area contributed by atoms with Gasteiger partial charge in [-0.2, -0.15) is 0 Å². The molecule has 0 saturated carbocycles. The summed E-state index contributed by atoms with van der Waals surface area (Å²) in [5, 5.41) is 0. The van der Waals surface area contributed by atoms with Crippen LogP contribution in [0.3, 0.4) is 0 Å². The van der Waals surface area contributed by atoms with E-state index in [1.165, 1.54) is 0 Å². The number of hydrogen-bond donors (Lipinski definition) is 0. The fourth-order valence-corrected chi connectivity index (χ4v) is 1.32. The van der Waals surface area contributed by atoms with Gasteiger partial charge in [-0.15, -0.1) is 0 Å². The van der Waals surface area contributed by atoms with Crippen LogP contribution in [0.25, 0.3) is 0 Å². The van der Waals surface area contributed by atoms with Gasteiger partial charge < -0.3 is 23.7 Å². The van der Waals surface area contributed by atoms with E-state index < -0.39 is 0 Å². The molecule has 0 aromatic heterocycles. The van der Waals surface area contributed by atoms with Gasteiger partial charge in [0.05, 0.1) is 52.9 Å². The normalized spacial score (nSPS) is 12.8. The zero-order valence-corrected chi connectivity index (χ0v) is 13.4. The molecule has 5 nitrogen and oxygen atoms in total. The first-order valence-electron chi connectivity index (χ1n) is 7.69. The topological polar surface area (TPSA) is 46.2 Å². The summed E-state index contributed by atoms with van der Waals surface area (Å²) < 4.78 is 26.7. The maximum absolute atomic E-state index is 5.48. The minimum Gasteiger partial charge on any atom is -0.379 e. The lowest BCUT2D eigenvalue weighted by Gasteiger charge is -2.10. The summed E-state index contributed by atoms with van der Waals surface area (Å²) in [5.74, 6) is 0.626. The van der Waals surface area contributed by atoms with Crippen molar-refractivity contribution in [1.82, 2.24) is 0 Å². The first-order chi connectivity index (χ1) is 9.81. The zero-order valence-electron chi connectivity index (χ0n) is 13.4. The summed E-state index contributed by atoms with van der Waals surface area (Å²) in [6.45, 7) is 12.8. The van der Waals surface area contributed by atoms with Crippen molar-refractivity contribution in [1.29, 1.82) is 0 Å². The minimum absolute atomic E-state index is 0.597. The van der Waals surface area contributed by atoms with E-state index >= 15 is 0 Å². The second-order valence-corrected chi connectivity index (χ2v) is 4.62. The maximum atomic E-state index is 5.48. The van der Waals surface area contributed by atoms with Gasteiger partial charge in [-0.1, -0.05) is 20.3 Å². The molecule has 0 rings (SSSR count). The predicted octanol–water partition coefficient (Wildman–Crippen LogP) is 2.14. The van der Waals surface area contributed by atoms with E-state index in [0.29, 0.717) is 58.8 Å². The summed E-state index contributed by atoms with van der Waals surface area (Å²) in [5.41, 5.74) is 0. The van der Waals surface area contributed by atoms with Gasteiger partial charge in [0.1, 0.15) is 0 Å². The molecule has 20 heavy (non-hydrogen) atoms. The van der Waals surface area contributed by atoms with Crippen LogP contribution < -0.4 is 0 Å². The molecule has 1 atom stereocenters. The van der Waals surface area contributed by atoms with Crippen molar-refractivity contribution in [3.8, 4) is 0 Å². The minimum atomic E-state index is 0.597. The molecular weight excluding hydrogens is 260 g/mol. The van der Waals surface area contributed by atoms with Gasteiger partial charge in [-0.25, -0.2) is 0 Å². The highest BCUT2D eigenvalue weighted by molar-refractivity contribution is 4.45. The first-order valence-corrected chi connectivity index (χ1v) is 7.69. The van der Waals surface area contributed by atoms with Gasteiger partial charge in [-0.05, 0) is 12.8 Å². The molecule has 0 amide bonds. The first kappa shape index (κ1) is 19.8. The third kappa shape index (κ3) is 15.9. The Kier molecular flexibility index (Phi) is 16.7. The van der Waals surface area contributed by atoms with E-state index in [9.17, 15) is 0 Å². The Bertz CT molecular complexity index is 178. The van der Waals surface area contributed by atoms with Crippen LogP contribution in [0.4, 0.5) is 0 Å². The van der Waals surface area contributed by atoms with Crippen LogP contribution in [0.5, 0.6) is 0 Å². The highest BCUT2D eigenvalue weighted by atomic mass is 16.6. The smallest absolute Gasteiger partial charge is 0.0701 e. The largest absolute Gasteiger partial charge is 0.379 e. The summed E-state index contributed by atoms with van der Waals surface area (Å²) in [6.07, 6.45) is 1.15. The lowest BCUT2D eigenvalue weighted by atomic mass is 10.1. The van der Waals surface area contributed by atoms with Crippen molar-refractivity contribution in [2.24, 2.45) is 5.92 Å². The maximum Gasteiger partial charge on any atom is 0.0701 e. The molecule has 0 bridgehead atoms. The van der Waals surface area contributed by atoms with E-state index in [4.69, 9.17) is 23.7 Å². The third-order valence-corrected chi connectivity index (χ3v) is 2.79. The molecular formula is C15H32O5. The van der Waals surface area contributed by atoms with E-state index in [2.05, 4.69) is 13.8 Å². The highest BCUT2D eigenvalue weighted by Crippen LogP contribution is 1.99. The Hall–Kier alpha value is -0.200. The average molecular weight is 292 g/mol. The Morgan fingerprint density at radius 3 is 1.40 bits per heavy atom. The van der Waals surface area contributed by atoms with Crippen molar-refractivity contribution in [2.45, 2.75) is 27.2 Å². The van der Waals surface area contributed by atoms with Crippen LogP contribution in [-0.2, 0) is 23.7 Å². The molecule has 0 aliphatic rings. The van der Waals surface area contributed by atoms with Gasteiger partial charge in [0.15, 0.2) is 0 Å². The van der Waals surface area contributed by atoms with Gasteiger partial charge in [0, 0.05) is 13.2 Å². The molecule has 0 aliphatic heterocycles. The Morgan fingerprint density at radius 1 is 0.600 bits per heavy atom. The summed E-state index contributed by atoms with van der Waals surface area (Å²) in [6, 6.07) is 0. The molecule has 0 saturated heterocycles. The number of rotatable bonds is 16. The van der Waals surface area contributed by atoms with Crippen LogP contribution in [0, 0.1) is 5.92 Å². The van der Waals surface area contributed by atoms with Crippen LogP contribution in [0.1, 0.15) is 27.2 Å². The fraction of sp³-hybridized carbons (Fsp3) is 1.00. The Labute approximate surface area is 123 Å². The van der Waals surface area contributed by atoms with E-state index in [1.807, 2.05) is 6.92 Å². The average Bonchev–Trinajstić information content (AvgIpc) is 2.47. The quantitative estimate of drug-likeness (QED) is 0.408. The lowest BCUT2D eigenvalue weighted by molar-refractivity contribution is -0.0125. The summed E-state index contributed by atoms with van der Waals surface area (Å²) in [4.78, 5) is 0. The lowest BCUT2D eigenvalue weighted by Crippen LogP contribution is -2.14. The predicted molar refractivity (Wildman–Crippen MR) is 79.2 cm³/mol. The van der Waals surface area contributed by atoms with Crippen LogP contribution in [-0.4, -0.2) is 66.1 Å². The zero-order chi connectivity index (χ0) is 14.9. The molecule has 0 heterocycles. The molecule has 0 radical (unpaired) electrons. The molecule has 0 aliphatic carbocycles. The van der Waals surface area contributed by atoms with E-state index in [0.717, 1.165) is 19.6 Å². The van der Waals surface area contributed by atoms with Crippen molar-refractivity contribution in [3.05, 3.63) is 0 Å². The Balaban J connectivity index is 2.96. The van der Waals surface area contributed by atoms with Crippen LogP contribution in [0.15, 0.2) is 0 Å². The van der Waals surface area contributed by atoms with Crippen LogP contribution in [0.2, 0.25) is 0 Å². The molecule has 1 unspecified atom stereocenters. The van der Waals surface area contributed by atoms with Gasteiger partial charge in [-0.3, -0.25) is 0 Å². The third-order valence-electron chi connectivity index (χ3n) is 2.79. The summed E-state index contributed by atoms with van der Waals surface area (Å²) in [7, 11) is 0. The molecule has 0 spiro atoms. The van der Waals surface area contributed by atoms with E-state index in [1.54, 1.807) is 0 Å². The molecule has 0 fully saturated rings. The van der Waals surface area contributed by atoms with Gasteiger partial charge >= 0.3 is 0 Å². The van der Waals surface area contributed by atoms with Crippen LogP contribution >= 0.6 is 0 Å². The van der Waals surface area contributed by atoms with Crippen molar-refractivity contribution >= 4 is 0 Å². The van der Waals surface area contributed by atoms with Crippen molar-refractivity contribution in [3.63, 3.8) is 0 Å². The molecule has 122 valence electrons. The molecule has 5 heteroatoms. The Morgan fingerprint density at radius 2 is 1.00 bits per heavy atom. The molecule has 0 aromatic rings. The fourth-order valence-electron chi connectivity index (χ4n) is 1.32. The monoisotopic (exact) mass is 292 g/mol. The van der Waals surface area contributed by atoms with Crippen molar-refractivity contribution in [2.75, 3.05) is 66.1 Å². The summed E-state index contributed by atoms with van der Waals surface area (Å²) >= 11 is 0. The second-order valence-electron chi connectivity index (χ2n) is 4.62. The standard InChI is InChI=1S/C15H32O5/c1-4-15(3)14-20-13-12-19-11-10-18-9-8-17-7-6-16-5-2/h15H,4-14H2,1-3H3. The highest BCUT2D eigenvalue weighted by Gasteiger charge is 1.98. The van der Waals surface area contributed by atoms with Crippen molar-refractivity contribution < 1.29 is 23.7 Å². The SMILES string of the molecule is CCOCCOCCOCCOCCOCC(C)CC. The molecule has 0 N–H and O–H groups in total. The van der Waals surface area contributed by atoms with Gasteiger partial charge in [0.25, 0.3) is 0 Å².